The molecule has 9 heteroatoms. The SMILES string of the molecule is Cc1cc(C(=O)Nc2cccc(OC(F)F)c2)c2cnn(Cc3cccs3)c2n1. The summed E-state index contributed by atoms with van der Waals surface area (Å²) in [6.07, 6.45) is 1.61. The maximum atomic E-state index is 12.9. The van der Waals surface area contributed by atoms with Crippen molar-refractivity contribution in [1.29, 1.82) is 0 Å². The van der Waals surface area contributed by atoms with Crippen molar-refractivity contribution in [2.45, 2.75) is 20.1 Å². The monoisotopic (exact) mass is 414 g/mol. The summed E-state index contributed by atoms with van der Waals surface area (Å²) in [6.45, 7) is -0.570. The summed E-state index contributed by atoms with van der Waals surface area (Å²) >= 11 is 1.62. The Kier molecular flexibility index (Phi) is 5.22. The molecule has 0 saturated heterocycles. The number of anilines is 1. The molecular weight excluding hydrogens is 398 g/mol. The minimum atomic E-state index is -2.93. The van der Waals surface area contributed by atoms with Crippen LogP contribution in [0.2, 0.25) is 0 Å². The van der Waals surface area contributed by atoms with Crippen molar-refractivity contribution in [2.24, 2.45) is 0 Å². The summed E-state index contributed by atoms with van der Waals surface area (Å²) < 4.78 is 31.0. The molecule has 0 spiro atoms. The number of carbonyl (C=O) groups excluding carboxylic acids is 1. The third kappa shape index (κ3) is 4.24. The summed E-state index contributed by atoms with van der Waals surface area (Å²) in [5, 5.41) is 9.71. The van der Waals surface area contributed by atoms with Gasteiger partial charge in [0, 0.05) is 22.3 Å². The zero-order chi connectivity index (χ0) is 20.4. The van der Waals surface area contributed by atoms with Crippen molar-refractivity contribution in [1.82, 2.24) is 14.8 Å². The lowest BCUT2D eigenvalue weighted by Gasteiger charge is -2.10. The number of nitrogens with zero attached hydrogens (tertiary/aromatic N) is 3. The number of aromatic nitrogens is 3. The van der Waals surface area contributed by atoms with Crippen molar-refractivity contribution in [2.75, 3.05) is 5.32 Å². The van der Waals surface area contributed by atoms with Crippen LogP contribution in [0, 0.1) is 6.92 Å². The lowest BCUT2D eigenvalue weighted by molar-refractivity contribution is -0.0497. The van der Waals surface area contributed by atoms with Gasteiger partial charge in [-0.15, -0.1) is 11.3 Å². The van der Waals surface area contributed by atoms with Crippen LogP contribution in [0.3, 0.4) is 0 Å². The van der Waals surface area contributed by atoms with E-state index in [0.717, 1.165) is 4.88 Å². The average molecular weight is 414 g/mol. The predicted molar refractivity (Wildman–Crippen MR) is 107 cm³/mol. The average Bonchev–Trinajstić information content (AvgIpc) is 3.31. The molecule has 0 aliphatic carbocycles. The van der Waals surface area contributed by atoms with E-state index in [0.29, 0.717) is 34.5 Å². The fraction of sp³-hybridized carbons (Fsp3) is 0.150. The number of hydrogen-bond donors (Lipinski definition) is 1. The van der Waals surface area contributed by atoms with Gasteiger partial charge < -0.3 is 10.1 Å². The van der Waals surface area contributed by atoms with E-state index in [-0.39, 0.29) is 11.7 Å². The lowest BCUT2D eigenvalue weighted by Crippen LogP contribution is -2.13. The van der Waals surface area contributed by atoms with Crippen molar-refractivity contribution < 1.29 is 18.3 Å². The maximum absolute atomic E-state index is 12.9. The first-order valence-corrected chi connectivity index (χ1v) is 9.59. The Labute approximate surface area is 168 Å². The van der Waals surface area contributed by atoms with Gasteiger partial charge in [0.05, 0.1) is 23.7 Å². The number of carbonyl (C=O) groups is 1. The molecule has 0 aliphatic heterocycles. The molecule has 0 unspecified atom stereocenters. The van der Waals surface area contributed by atoms with E-state index in [1.165, 1.54) is 18.2 Å². The van der Waals surface area contributed by atoms with Crippen molar-refractivity contribution in [3.63, 3.8) is 0 Å². The Balaban J connectivity index is 1.63. The van der Waals surface area contributed by atoms with Crippen molar-refractivity contribution in [3.8, 4) is 5.75 Å². The van der Waals surface area contributed by atoms with Crippen LogP contribution in [-0.4, -0.2) is 27.3 Å². The molecule has 1 amide bonds. The Morgan fingerprint density at radius 3 is 2.90 bits per heavy atom. The second-order valence-electron chi connectivity index (χ2n) is 6.29. The summed E-state index contributed by atoms with van der Waals surface area (Å²) in [5.74, 6) is -0.414. The predicted octanol–water partition coefficient (Wildman–Crippen LogP) is 4.70. The van der Waals surface area contributed by atoms with E-state index in [1.807, 2.05) is 17.5 Å². The highest BCUT2D eigenvalue weighted by Crippen LogP contribution is 2.23. The number of ether oxygens (including phenoxy) is 1. The number of aryl methyl sites for hydroxylation is 1. The normalized spacial score (nSPS) is 11.2. The van der Waals surface area contributed by atoms with Crippen LogP contribution >= 0.6 is 11.3 Å². The van der Waals surface area contributed by atoms with E-state index in [1.54, 1.807) is 41.3 Å². The summed E-state index contributed by atoms with van der Waals surface area (Å²) in [4.78, 5) is 18.5. The Morgan fingerprint density at radius 1 is 1.28 bits per heavy atom. The second kappa shape index (κ2) is 7.96. The smallest absolute Gasteiger partial charge is 0.387 e. The van der Waals surface area contributed by atoms with E-state index in [4.69, 9.17) is 0 Å². The largest absolute Gasteiger partial charge is 0.435 e. The molecule has 29 heavy (non-hydrogen) atoms. The van der Waals surface area contributed by atoms with Crippen molar-refractivity contribution >= 4 is 34.0 Å². The molecule has 6 nitrogen and oxygen atoms in total. The van der Waals surface area contributed by atoms with Crippen LogP contribution in [-0.2, 0) is 6.54 Å². The van der Waals surface area contributed by atoms with Crippen LogP contribution in [0.25, 0.3) is 11.0 Å². The van der Waals surface area contributed by atoms with Gasteiger partial charge in [0.15, 0.2) is 5.65 Å². The summed E-state index contributed by atoms with van der Waals surface area (Å²) in [7, 11) is 0. The molecule has 4 aromatic rings. The first-order valence-electron chi connectivity index (χ1n) is 8.71. The Hall–Kier alpha value is -3.33. The Bertz CT molecular complexity index is 1160. The second-order valence-corrected chi connectivity index (χ2v) is 7.32. The van der Waals surface area contributed by atoms with E-state index < -0.39 is 6.61 Å². The number of thiophene rings is 1. The molecule has 148 valence electrons. The zero-order valence-electron chi connectivity index (χ0n) is 15.3. The quantitative estimate of drug-likeness (QED) is 0.496. The minimum Gasteiger partial charge on any atom is -0.435 e. The molecule has 0 radical (unpaired) electrons. The standard InChI is InChI=1S/C20H16F2N4O2S/c1-12-8-16(19(27)25-13-4-2-5-14(9-13)28-20(21)22)17-10-23-26(18(17)24-12)11-15-6-3-7-29-15/h2-10,20H,11H2,1H3,(H,25,27). The van der Waals surface area contributed by atoms with Crippen LogP contribution < -0.4 is 10.1 Å². The van der Waals surface area contributed by atoms with Gasteiger partial charge >= 0.3 is 6.61 Å². The van der Waals surface area contributed by atoms with Gasteiger partial charge in [-0.25, -0.2) is 9.67 Å². The number of halogens is 2. The molecule has 0 atom stereocenters. The summed E-state index contributed by atoms with van der Waals surface area (Å²) in [5.41, 5.74) is 2.04. The molecule has 0 aliphatic rings. The zero-order valence-corrected chi connectivity index (χ0v) is 16.1. The molecule has 0 fully saturated rings. The molecule has 1 N–H and O–H groups in total. The van der Waals surface area contributed by atoms with Gasteiger partial charge in [0.1, 0.15) is 5.75 Å². The number of fused-ring (bicyclic) bond motifs is 1. The highest BCUT2D eigenvalue weighted by molar-refractivity contribution is 7.09. The number of alkyl halides is 2. The van der Waals surface area contributed by atoms with Gasteiger partial charge in [0.2, 0.25) is 0 Å². The van der Waals surface area contributed by atoms with E-state index in [2.05, 4.69) is 20.1 Å². The van der Waals surface area contributed by atoms with Gasteiger partial charge in [-0.05, 0) is 36.6 Å². The minimum absolute atomic E-state index is 0.0300. The molecule has 3 aromatic heterocycles. The third-order valence-corrected chi connectivity index (χ3v) is 5.05. The van der Waals surface area contributed by atoms with E-state index >= 15 is 0 Å². The molecule has 0 bridgehead atoms. The van der Waals surface area contributed by atoms with Crippen molar-refractivity contribution in [3.05, 3.63) is 70.2 Å². The fourth-order valence-electron chi connectivity index (χ4n) is 2.97. The van der Waals surface area contributed by atoms with Gasteiger partial charge in [-0.2, -0.15) is 13.9 Å². The molecule has 4 rings (SSSR count). The molecule has 0 saturated carbocycles. The Morgan fingerprint density at radius 2 is 2.14 bits per heavy atom. The first-order chi connectivity index (χ1) is 14.0. The first kappa shape index (κ1) is 19.0. The van der Waals surface area contributed by atoms with Gasteiger partial charge in [-0.3, -0.25) is 4.79 Å². The molecule has 1 aromatic carbocycles. The number of rotatable bonds is 6. The number of pyridine rings is 1. The number of amides is 1. The van der Waals surface area contributed by atoms with Crippen LogP contribution in [0.4, 0.5) is 14.5 Å². The van der Waals surface area contributed by atoms with Crippen LogP contribution in [0.5, 0.6) is 5.75 Å². The number of hydrogen-bond acceptors (Lipinski definition) is 5. The van der Waals surface area contributed by atoms with E-state index in [9.17, 15) is 13.6 Å². The maximum Gasteiger partial charge on any atom is 0.387 e. The number of benzene rings is 1. The van der Waals surface area contributed by atoms with Crippen LogP contribution in [0.1, 0.15) is 20.9 Å². The van der Waals surface area contributed by atoms with Crippen LogP contribution in [0.15, 0.2) is 54.0 Å². The highest BCUT2D eigenvalue weighted by Gasteiger charge is 2.17. The lowest BCUT2D eigenvalue weighted by atomic mass is 10.1. The molecular formula is C20H16F2N4O2S. The third-order valence-electron chi connectivity index (χ3n) is 4.18. The summed E-state index contributed by atoms with van der Waals surface area (Å²) in [6, 6.07) is 11.5. The van der Waals surface area contributed by atoms with Gasteiger partial charge in [-0.1, -0.05) is 12.1 Å². The van der Waals surface area contributed by atoms with Gasteiger partial charge in [0.25, 0.3) is 5.91 Å². The topological polar surface area (TPSA) is 69.0 Å². The fourth-order valence-corrected chi connectivity index (χ4v) is 3.66. The molecule has 3 heterocycles. The number of nitrogens with one attached hydrogen (secondary N) is 1. The highest BCUT2D eigenvalue weighted by atomic mass is 32.1.